The number of aliphatic hydroxyl groups excluding tert-OH is 1. The average Bonchev–Trinajstić information content (AvgIpc) is 2.45. The molecule has 5 heteroatoms. The Kier molecular flexibility index (Phi) is 3.69. The summed E-state index contributed by atoms with van der Waals surface area (Å²) in [5, 5.41) is 11.1. The van der Waals surface area contributed by atoms with Crippen molar-refractivity contribution in [3.63, 3.8) is 0 Å². The minimum absolute atomic E-state index is 0.282. The number of fused-ring (bicyclic) bond motifs is 1. The molecule has 0 radical (unpaired) electrons. The fraction of sp³-hybridized carbons (Fsp3) is 0.0625. The number of para-hydroxylation sites is 1. The van der Waals surface area contributed by atoms with E-state index in [4.69, 9.17) is 0 Å². The van der Waals surface area contributed by atoms with E-state index < -0.39 is 17.7 Å². The molecule has 1 heterocycles. The highest BCUT2D eigenvalue weighted by molar-refractivity contribution is 9.10. The van der Waals surface area contributed by atoms with Gasteiger partial charge in [-0.2, -0.15) is 0 Å². The molecule has 1 unspecified atom stereocenters. The summed E-state index contributed by atoms with van der Waals surface area (Å²) in [7, 11) is 0. The van der Waals surface area contributed by atoms with E-state index in [1.807, 2.05) is 24.3 Å². The molecule has 2 aromatic carbocycles. The number of nitrogens with zero attached hydrogens (tertiary/aromatic N) is 1. The van der Waals surface area contributed by atoms with Crippen molar-refractivity contribution in [1.82, 2.24) is 4.98 Å². The zero-order valence-electron chi connectivity index (χ0n) is 10.7. The summed E-state index contributed by atoms with van der Waals surface area (Å²) in [6.07, 6.45) is 0.0173. The first-order chi connectivity index (χ1) is 10.1. The molecule has 1 N–H and O–H groups in total. The largest absolute Gasteiger partial charge is 0.383 e. The van der Waals surface area contributed by atoms with Gasteiger partial charge in [-0.25, -0.2) is 8.78 Å². The maximum atomic E-state index is 13.9. The Bertz CT molecular complexity index is 799. The van der Waals surface area contributed by atoms with E-state index in [9.17, 15) is 13.9 Å². The average molecular weight is 350 g/mol. The predicted octanol–water partition coefficient (Wildman–Crippen LogP) is 4.36. The van der Waals surface area contributed by atoms with Crippen molar-refractivity contribution < 1.29 is 13.9 Å². The highest BCUT2D eigenvalue weighted by Gasteiger charge is 2.21. The smallest absolute Gasteiger partial charge is 0.133 e. The number of aliphatic hydroxyl groups is 1. The van der Waals surface area contributed by atoms with Gasteiger partial charge in [0.15, 0.2) is 0 Å². The van der Waals surface area contributed by atoms with E-state index in [-0.39, 0.29) is 10.0 Å². The van der Waals surface area contributed by atoms with Gasteiger partial charge in [-0.1, -0.05) is 34.1 Å². The number of halogens is 3. The van der Waals surface area contributed by atoms with Gasteiger partial charge in [0.25, 0.3) is 0 Å². The summed E-state index contributed by atoms with van der Waals surface area (Å²) in [6.45, 7) is 0. The minimum Gasteiger partial charge on any atom is -0.383 e. The molecule has 2 nitrogen and oxygen atoms in total. The van der Waals surface area contributed by atoms with Gasteiger partial charge >= 0.3 is 0 Å². The number of hydrogen-bond acceptors (Lipinski definition) is 2. The third kappa shape index (κ3) is 2.66. The molecule has 0 fully saturated rings. The fourth-order valence-electron chi connectivity index (χ4n) is 2.22. The summed E-state index contributed by atoms with van der Waals surface area (Å²) < 4.78 is 28.1. The van der Waals surface area contributed by atoms with Crippen molar-refractivity contribution in [2.24, 2.45) is 0 Å². The number of benzene rings is 2. The van der Waals surface area contributed by atoms with Crippen LogP contribution in [0.15, 0.2) is 53.1 Å². The first-order valence-electron chi connectivity index (χ1n) is 6.23. The van der Waals surface area contributed by atoms with E-state index in [0.717, 1.165) is 23.0 Å². The van der Waals surface area contributed by atoms with Gasteiger partial charge < -0.3 is 5.11 Å². The molecule has 3 aromatic rings. The standard InChI is InChI=1S/C16H10BrF2NO/c17-11-6-12(18)15(13(19)7-11)16(21)10-5-9-3-1-2-4-14(9)20-8-10/h1-8,16,21H. The number of aromatic nitrogens is 1. The second-order valence-corrected chi connectivity index (χ2v) is 5.56. The van der Waals surface area contributed by atoms with Gasteiger partial charge in [0, 0.05) is 21.6 Å². The van der Waals surface area contributed by atoms with Crippen molar-refractivity contribution in [2.75, 3.05) is 0 Å². The van der Waals surface area contributed by atoms with E-state index in [1.165, 1.54) is 6.20 Å². The molecule has 0 aliphatic heterocycles. The van der Waals surface area contributed by atoms with Crippen LogP contribution in [0.2, 0.25) is 0 Å². The summed E-state index contributed by atoms with van der Waals surface area (Å²) in [5.41, 5.74) is 0.717. The van der Waals surface area contributed by atoms with E-state index in [2.05, 4.69) is 20.9 Å². The monoisotopic (exact) mass is 349 g/mol. The van der Waals surface area contributed by atoms with Crippen LogP contribution in [0.25, 0.3) is 10.9 Å². The van der Waals surface area contributed by atoms with Gasteiger partial charge in [0.2, 0.25) is 0 Å². The molecule has 1 aromatic heterocycles. The zero-order chi connectivity index (χ0) is 15.0. The van der Waals surface area contributed by atoms with Crippen molar-refractivity contribution in [2.45, 2.75) is 6.10 Å². The Hall–Kier alpha value is -1.85. The maximum absolute atomic E-state index is 13.9. The van der Waals surface area contributed by atoms with Crippen LogP contribution in [0.5, 0.6) is 0 Å². The van der Waals surface area contributed by atoms with Crippen LogP contribution >= 0.6 is 15.9 Å². The highest BCUT2D eigenvalue weighted by Crippen LogP contribution is 2.30. The topological polar surface area (TPSA) is 33.1 Å². The molecule has 0 saturated carbocycles. The molecule has 0 bridgehead atoms. The summed E-state index contributed by atoms with van der Waals surface area (Å²) in [5.74, 6) is -1.61. The maximum Gasteiger partial charge on any atom is 0.133 e. The lowest BCUT2D eigenvalue weighted by atomic mass is 10.0. The van der Waals surface area contributed by atoms with Crippen molar-refractivity contribution in [3.8, 4) is 0 Å². The van der Waals surface area contributed by atoms with Gasteiger partial charge in [-0.15, -0.1) is 0 Å². The van der Waals surface area contributed by atoms with Crippen LogP contribution in [0.4, 0.5) is 8.78 Å². The lowest BCUT2D eigenvalue weighted by Gasteiger charge is -2.14. The number of pyridine rings is 1. The third-order valence-corrected chi connectivity index (χ3v) is 3.70. The zero-order valence-corrected chi connectivity index (χ0v) is 12.3. The second-order valence-electron chi connectivity index (χ2n) is 4.65. The van der Waals surface area contributed by atoms with E-state index in [1.54, 1.807) is 6.07 Å². The van der Waals surface area contributed by atoms with E-state index >= 15 is 0 Å². The Balaban J connectivity index is 2.10. The van der Waals surface area contributed by atoms with Crippen LogP contribution in [-0.2, 0) is 0 Å². The lowest BCUT2D eigenvalue weighted by Crippen LogP contribution is -2.06. The number of rotatable bonds is 2. The lowest BCUT2D eigenvalue weighted by molar-refractivity contribution is 0.209. The first-order valence-corrected chi connectivity index (χ1v) is 7.03. The van der Waals surface area contributed by atoms with Crippen LogP contribution < -0.4 is 0 Å². The molecule has 0 spiro atoms. The minimum atomic E-state index is -1.41. The first kappa shape index (κ1) is 14.1. The Morgan fingerprint density at radius 1 is 1.05 bits per heavy atom. The normalized spacial score (nSPS) is 12.6. The molecule has 21 heavy (non-hydrogen) atoms. The third-order valence-electron chi connectivity index (χ3n) is 3.24. The molecular formula is C16H10BrF2NO. The predicted molar refractivity (Wildman–Crippen MR) is 79.9 cm³/mol. The van der Waals surface area contributed by atoms with Crippen molar-refractivity contribution in [3.05, 3.63) is 75.9 Å². The van der Waals surface area contributed by atoms with Crippen LogP contribution in [0.1, 0.15) is 17.2 Å². The van der Waals surface area contributed by atoms with Crippen LogP contribution in [0.3, 0.4) is 0 Å². The summed E-state index contributed by atoms with van der Waals surface area (Å²) >= 11 is 3.01. The highest BCUT2D eigenvalue weighted by atomic mass is 79.9. The Labute approximate surface area is 128 Å². The van der Waals surface area contributed by atoms with Crippen molar-refractivity contribution in [1.29, 1.82) is 0 Å². The van der Waals surface area contributed by atoms with Gasteiger partial charge in [-0.05, 0) is 24.3 Å². The summed E-state index contributed by atoms with van der Waals surface area (Å²) in [4.78, 5) is 4.19. The number of hydrogen-bond donors (Lipinski definition) is 1. The quantitative estimate of drug-likeness (QED) is 0.745. The molecule has 1 atom stereocenters. The van der Waals surface area contributed by atoms with Gasteiger partial charge in [0.1, 0.15) is 17.7 Å². The SMILES string of the molecule is OC(c1cnc2ccccc2c1)c1c(F)cc(Br)cc1F. The molecular weight excluding hydrogens is 340 g/mol. The summed E-state index contributed by atoms with van der Waals surface area (Å²) in [6, 6.07) is 11.2. The van der Waals surface area contributed by atoms with Crippen molar-refractivity contribution >= 4 is 26.8 Å². The molecule has 106 valence electrons. The molecule has 0 aliphatic rings. The second kappa shape index (κ2) is 5.50. The Morgan fingerprint density at radius 3 is 2.43 bits per heavy atom. The van der Waals surface area contributed by atoms with Gasteiger partial charge in [-0.3, -0.25) is 4.98 Å². The fourth-order valence-corrected chi connectivity index (χ4v) is 2.62. The van der Waals surface area contributed by atoms with Gasteiger partial charge in [0.05, 0.1) is 11.1 Å². The van der Waals surface area contributed by atoms with Crippen LogP contribution in [0, 0.1) is 11.6 Å². The Morgan fingerprint density at radius 2 is 1.71 bits per heavy atom. The molecule has 0 amide bonds. The molecule has 0 aliphatic carbocycles. The van der Waals surface area contributed by atoms with E-state index in [0.29, 0.717) is 5.56 Å². The molecule has 0 saturated heterocycles. The molecule has 3 rings (SSSR count). The van der Waals surface area contributed by atoms with Crippen LogP contribution in [-0.4, -0.2) is 10.1 Å².